The lowest BCUT2D eigenvalue weighted by atomic mass is 10.0. The van der Waals surface area contributed by atoms with Crippen LogP contribution in [0.5, 0.6) is 0 Å². The van der Waals surface area contributed by atoms with E-state index in [9.17, 15) is 18.0 Å². The highest BCUT2D eigenvalue weighted by atomic mass is 19.4. The van der Waals surface area contributed by atoms with Gasteiger partial charge in [-0.25, -0.2) is 4.79 Å². The van der Waals surface area contributed by atoms with Gasteiger partial charge in [0.15, 0.2) is 0 Å². The van der Waals surface area contributed by atoms with Crippen molar-refractivity contribution in [3.05, 3.63) is 29.3 Å². The van der Waals surface area contributed by atoms with Crippen molar-refractivity contribution < 1.29 is 27.8 Å². The van der Waals surface area contributed by atoms with Crippen molar-refractivity contribution in [2.45, 2.75) is 31.7 Å². The van der Waals surface area contributed by atoms with Gasteiger partial charge in [0.2, 0.25) is 0 Å². The molecule has 9 heteroatoms. The Kier molecular flexibility index (Phi) is 6.34. The number of hydrogen-bond acceptors (Lipinski definition) is 4. The zero-order valence-corrected chi connectivity index (χ0v) is 15.9. The maximum Gasteiger partial charge on any atom is 0.416 e. The third kappa shape index (κ3) is 4.88. The predicted molar refractivity (Wildman–Crippen MR) is 98.6 cm³/mol. The first-order chi connectivity index (χ1) is 13.3. The summed E-state index contributed by atoms with van der Waals surface area (Å²) in [6.45, 7) is 3.76. The average molecular weight is 401 g/mol. The molecule has 2 fully saturated rings. The van der Waals surface area contributed by atoms with Crippen molar-refractivity contribution in [1.82, 2.24) is 9.80 Å². The number of piperidine rings is 1. The van der Waals surface area contributed by atoms with Gasteiger partial charge in [-0.05, 0) is 30.5 Å². The van der Waals surface area contributed by atoms with Crippen molar-refractivity contribution in [1.29, 1.82) is 0 Å². The first-order valence-corrected chi connectivity index (χ1v) is 9.46. The van der Waals surface area contributed by atoms with E-state index in [2.05, 4.69) is 4.90 Å². The molecule has 0 unspecified atom stereocenters. The average Bonchev–Trinajstić information content (AvgIpc) is 2.68. The first-order valence-electron chi connectivity index (χ1n) is 9.46. The van der Waals surface area contributed by atoms with Crippen LogP contribution in [0.3, 0.4) is 0 Å². The van der Waals surface area contributed by atoms with E-state index in [-0.39, 0.29) is 6.10 Å². The number of amides is 1. The molecular formula is C19H26F3N3O3. The van der Waals surface area contributed by atoms with Gasteiger partial charge in [0, 0.05) is 58.6 Å². The topological polar surface area (TPSA) is 56.2 Å². The lowest BCUT2D eigenvalue weighted by molar-refractivity contribution is -0.137. The van der Waals surface area contributed by atoms with Gasteiger partial charge in [-0.15, -0.1) is 0 Å². The molecule has 0 aromatic heterocycles. The van der Waals surface area contributed by atoms with Crippen molar-refractivity contribution in [3.63, 3.8) is 0 Å². The van der Waals surface area contributed by atoms with E-state index in [1.807, 2.05) is 4.90 Å². The first kappa shape index (κ1) is 20.7. The summed E-state index contributed by atoms with van der Waals surface area (Å²) in [7, 11) is 1.66. The molecule has 0 bridgehead atoms. The van der Waals surface area contributed by atoms with E-state index < -0.39 is 17.8 Å². The smallest absolute Gasteiger partial charge is 0.416 e. The lowest BCUT2D eigenvalue weighted by Crippen LogP contribution is -2.48. The number of halogens is 3. The number of methoxy groups -OCH3 is 1. The minimum atomic E-state index is -4.38. The van der Waals surface area contributed by atoms with E-state index >= 15 is 0 Å². The Balaban J connectivity index is 1.77. The molecule has 2 heterocycles. The summed E-state index contributed by atoms with van der Waals surface area (Å²) >= 11 is 0. The zero-order valence-electron chi connectivity index (χ0n) is 15.9. The van der Waals surface area contributed by atoms with Crippen molar-refractivity contribution >= 4 is 11.8 Å². The summed E-state index contributed by atoms with van der Waals surface area (Å²) in [6.07, 6.45) is -3.61. The second-order valence-electron chi connectivity index (χ2n) is 7.31. The Morgan fingerprint density at radius 3 is 2.32 bits per heavy atom. The Morgan fingerprint density at radius 1 is 1.14 bits per heavy atom. The van der Waals surface area contributed by atoms with Gasteiger partial charge in [-0.1, -0.05) is 6.07 Å². The van der Waals surface area contributed by atoms with Gasteiger partial charge in [-0.2, -0.15) is 13.2 Å². The number of benzene rings is 1. The third-order valence-electron chi connectivity index (χ3n) is 5.57. The van der Waals surface area contributed by atoms with Gasteiger partial charge >= 0.3 is 12.3 Å². The molecule has 28 heavy (non-hydrogen) atoms. The predicted octanol–water partition coefficient (Wildman–Crippen LogP) is 3.12. The third-order valence-corrected chi connectivity index (χ3v) is 5.57. The summed E-state index contributed by atoms with van der Waals surface area (Å²) < 4.78 is 45.1. The highest BCUT2D eigenvalue weighted by molar-refractivity contribution is 5.65. The molecule has 2 aliphatic heterocycles. The fraction of sp³-hybridized carbons (Fsp3) is 0.632. The van der Waals surface area contributed by atoms with Gasteiger partial charge in [0.05, 0.1) is 11.7 Å². The van der Waals surface area contributed by atoms with E-state index in [1.54, 1.807) is 13.2 Å². The molecule has 0 aliphatic carbocycles. The maximum atomic E-state index is 13.3. The summed E-state index contributed by atoms with van der Waals surface area (Å²) in [5.41, 5.74) is 0.813. The molecule has 0 saturated carbocycles. The van der Waals surface area contributed by atoms with Crippen LogP contribution in [0.25, 0.3) is 0 Å². The molecule has 1 aromatic carbocycles. The molecule has 0 spiro atoms. The van der Waals surface area contributed by atoms with Crippen LogP contribution in [0, 0.1) is 0 Å². The molecule has 0 atom stereocenters. The molecule has 1 amide bonds. The van der Waals surface area contributed by atoms with Gasteiger partial charge in [-0.3, -0.25) is 4.90 Å². The number of alkyl halides is 3. The Morgan fingerprint density at radius 2 is 1.79 bits per heavy atom. The second kappa shape index (κ2) is 8.57. The Hall–Kier alpha value is -2.00. The maximum absolute atomic E-state index is 13.3. The fourth-order valence-electron chi connectivity index (χ4n) is 3.84. The molecule has 1 N–H and O–H groups in total. The molecule has 2 saturated heterocycles. The number of hydrogen-bond donors (Lipinski definition) is 1. The van der Waals surface area contributed by atoms with Crippen molar-refractivity contribution in [3.8, 4) is 0 Å². The summed E-state index contributed by atoms with van der Waals surface area (Å²) in [5.74, 6) is 0. The van der Waals surface area contributed by atoms with Crippen molar-refractivity contribution in [2.24, 2.45) is 0 Å². The zero-order chi connectivity index (χ0) is 20.3. The molecule has 6 nitrogen and oxygen atoms in total. The van der Waals surface area contributed by atoms with Gasteiger partial charge in [0.1, 0.15) is 0 Å². The largest absolute Gasteiger partial charge is 0.465 e. The van der Waals surface area contributed by atoms with Crippen LogP contribution in [0.2, 0.25) is 0 Å². The molecule has 3 rings (SSSR count). The Labute approximate surface area is 162 Å². The minimum Gasteiger partial charge on any atom is -0.465 e. The van der Waals surface area contributed by atoms with Crippen LogP contribution < -0.4 is 4.90 Å². The van der Waals surface area contributed by atoms with E-state index in [1.165, 1.54) is 11.0 Å². The van der Waals surface area contributed by atoms with Crippen LogP contribution in [0.15, 0.2) is 18.2 Å². The van der Waals surface area contributed by atoms with E-state index in [0.717, 1.165) is 24.5 Å². The Bertz CT molecular complexity index is 683. The molecule has 0 radical (unpaired) electrons. The van der Waals surface area contributed by atoms with Crippen LogP contribution in [-0.4, -0.2) is 73.5 Å². The van der Waals surface area contributed by atoms with Crippen LogP contribution in [-0.2, 0) is 17.5 Å². The van der Waals surface area contributed by atoms with Gasteiger partial charge in [0.25, 0.3) is 0 Å². The normalized spacial score (nSPS) is 19.9. The molecular weight excluding hydrogens is 375 g/mol. The SMILES string of the molecule is COC1CCN(c2cc(C(F)(F)F)ccc2CN2CCN(C(=O)O)CC2)CC1. The number of anilines is 1. The minimum absolute atomic E-state index is 0.148. The fourth-order valence-corrected chi connectivity index (χ4v) is 3.84. The number of nitrogens with zero attached hydrogens (tertiary/aromatic N) is 3. The summed E-state index contributed by atoms with van der Waals surface area (Å²) in [4.78, 5) is 16.5. The number of ether oxygens (including phenoxy) is 1. The molecule has 156 valence electrons. The summed E-state index contributed by atoms with van der Waals surface area (Å²) in [6, 6.07) is 3.94. The van der Waals surface area contributed by atoms with Crippen LogP contribution >= 0.6 is 0 Å². The number of carboxylic acid groups (broad SMARTS) is 1. The number of piperazine rings is 1. The van der Waals surface area contributed by atoms with Crippen LogP contribution in [0.1, 0.15) is 24.0 Å². The van der Waals surface area contributed by atoms with E-state index in [0.29, 0.717) is 51.5 Å². The number of rotatable bonds is 4. The molecule has 1 aromatic rings. The summed E-state index contributed by atoms with van der Waals surface area (Å²) in [5, 5.41) is 9.06. The number of carbonyl (C=O) groups is 1. The highest BCUT2D eigenvalue weighted by Gasteiger charge is 2.32. The van der Waals surface area contributed by atoms with Gasteiger partial charge < -0.3 is 19.6 Å². The van der Waals surface area contributed by atoms with E-state index in [4.69, 9.17) is 9.84 Å². The standard InChI is InChI=1S/C19H26F3N3O3/c1-28-16-4-6-24(7-5-16)17-12-15(19(20,21)22)3-2-14(17)13-23-8-10-25(11-9-23)18(26)27/h2-3,12,16H,4-11,13H2,1H3,(H,26,27). The lowest BCUT2D eigenvalue weighted by Gasteiger charge is -2.37. The van der Waals surface area contributed by atoms with Crippen molar-refractivity contribution in [2.75, 3.05) is 51.3 Å². The molecule has 2 aliphatic rings. The quantitative estimate of drug-likeness (QED) is 0.840. The monoisotopic (exact) mass is 401 g/mol. The highest BCUT2D eigenvalue weighted by Crippen LogP contribution is 2.35. The van der Waals surface area contributed by atoms with Crippen LogP contribution in [0.4, 0.5) is 23.7 Å². The second-order valence-corrected chi connectivity index (χ2v) is 7.31.